The van der Waals surface area contributed by atoms with Gasteiger partial charge in [-0.2, -0.15) is 5.10 Å². The molecule has 0 spiro atoms. The van der Waals surface area contributed by atoms with Crippen LogP contribution in [0.4, 0.5) is 4.39 Å². The molecule has 5 rings (SSSR count). The van der Waals surface area contributed by atoms with Crippen LogP contribution in [0.1, 0.15) is 64.8 Å². The third-order valence-electron chi connectivity index (χ3n) is 8.37. The van der Waals surface area contributed by atoms with Crippen LogP contribution in [0.5, 0.6) is 0 Å². The Kier molecular flexibility index (Phi) is 11.3. The lowest BCUT2D eigenvalue weighted by Crippen LogP contribution is -2.46. The van der Waals surface area contributed by atoms with Crippen molar-refractivity contribution in [2.75, 3.05) is 33.2 Å². The standard InChI is InChI=1S/C28H36N6O2.C7H7F/c1-4-20-8-10-23(11-9-20)34-18-24(25(19-35)27(34)28(29)31-30-3)21-7-6-15-33(17-21)26(36)13-12-22-14-16-32(22)5-2;1-6-4-2-3-5-7(6)8/h4,8-13,18-19,21-22,30H,1,5-7,14-17H2,2-3H3,(H2,29,31);2-5H,1H3/b13-12+;. The Hall–Kier alpha value is -4.50. The number of aromatic nitrogens is 1. The van der Waals surface area contributed by atoms with Crippen molar-refractivity contribution in [2.45, 2.75) is 45.1 Å². The fourth-order valence-corrected chi connectivity index (χ4v) is 5.75. The smallest absolute Gasteiger partial charge is 0.246 e. The number of hydrazone groups is 1. The van der Waals surface area contributed by atoms with Gasteiger partial charge < -0.3 is 20.6 Å². The molecule has 2 aromatic carbocycles. The number of amides is 1. The first-order valence-electron chi connectivity index (χ1n) is 15.2. The number of nitrogens with one attached hydrogen (secondary N) is 1. The summed E-state index contributed by atoms with van der Waals surface area (Å²) in [5.74, 6) is 0.159. The fourth-order valence-electron chi connectivity index (χ4n) is 5.75. The van der Waals surface area contributed by atoms with Crippen LogP contribution in [-0.2, 0) is 4.79 Å². The van der Waals surface area contributed by atoms with Crippen molar-refractivity contribution in [2.24, 2.45) is 10.8 Å². The average molecular weight is 599 g/mol. The predicted octanol–water partition coefficient (Wildman–Crippen LogP) is 5.26. The molecule has 0 aliphatic carbocycles. The molecule has 1 aromatic heterocycles. The summed E-state index contributed by atoms with van der Waals surface area (Å²) >= 11 is 0. The summed E-state index contributed by atoms with van der Waals surface area (Å²) in [6.45, 7) is 11.1. The number of nitrogens with zero attached hydrogens (tertiary/aromatic N) is 4. The third-order valence-corrected chi connectivity index (χ3v) is 8.37. The molecule has 2 unspecified atom stereocenters. The number of aryl methyl sites for hydroxylation is 1. The number of amidine groups is 1. The van der Waals surface area contributed by atoms with Crippen molar-refractivity contribution in [1.29, 1.82) is 0 Å². The van der Waals surface area contributed by atoms with Gasteiger partial charge in [0, 0.05) is 62.2 Å². The zero-order valence-corrected chi connectivity index (χ0v) is 25.9. The quantitative estimate of drug-likeness (QED) is 0.115. The Morgan fingerprint density at radius 2 is 1.91 bits per heavy atom. The Bertz CT molecular complexity index is 1490. The second kappa shape index (κ2) is 15.3. The van der Waals surface area contributed by atoms with Gasteiger partial charge in [0.15, 0.2) is 12.1 Å². The van der Waals surface area contributed by atoms with Crippen molar-refractivity contribution in [1.82, 2.24) is 19.8 Å². The topological polar surface area (TPSA) is 96.0 Å². The normalized spacial score (nSPS) is 18.7. The number of nitrogens with two attached hydrogens (primary N) is 1. The minimum Gasteiger partial charge on any atom is -0.381 e. The average Bonchev–Trinajstić information content (AvgIpc) is 3.43. The maximum atomic E-state index is 13.0. The SMILES string of the molecule is C=Cc1ccc(-n2cc(C3CCCN(C(=O)/C=C/C4CCN4CC)C3)c(C=O)c2/C(N)=N\NC)cc1.Cc1ccccc1F. The first-order chi connectivity index (χ1) is 21.3. The molecular weight excluding hydrogens is 555 g/mol. The van der Waals surface area contributed by atoms with E-state index in [1.165, 1.54) is 6.07 Å². The lowest BCUT2D eigenvalue weighted by atomic mass is 9.89. The molecule has 3 N–H and O–H groups in total. The summed E-state index contributed by atoms with van der Waals surface area (Å²) in [6, 6.07) is 14.9. The van der Waals surface area contributed by atoms with E-state index in [-0.39, 0.29) is 23.5 Å². The largest absolute Gasteiger partial charge is 0.381 e. The number of aldehydes is 1. The highest BCUT2D eigenvalue weighted by atomic mass is 19.1. The van der Waals surface area contributed by atoms with Crippen molar-refractivity contribution >= 4 is 24.1 Å². The first-order valence-corrected chi connectivity index (χ1v) is 15.2. The monoisotopic (exact) mass is 598 g/mol. The van der Waals surface area contributed by atoms with Crippen molar-refractivity contribution in [3.63, 3.8) is 0 Å². The van der Waals surface area contributed by atoms with Gasteiger partial charge in [0.2, 0.25) is 5.91 Å². The minimum atomic E-state index is -0.132. The Morgan fingerprint density at radius 3 is 2.48 bits per heavy atom. The van der Waals surface area contributed by atoms with Crippen LogP contribution in [0.25, 0.3) is 11.8 Å². The highest BCUT2D eigenvalue weighted by molar-refractivity contribution is 6.04. The fraction of sp³-hybridized carbons (Fsp3) is 0.343. The Morgan fingerprint density at radius 1 is 1.16 bits per heavy atom. The molecule has 9 heteroatoms. The highest BCUT2D eigenvalue weighted by Crippen LogP contribution is 2.33. The van der Waals surface area contributed by atoms with E-state index in [0.717, 1.165) is 62.0 Å². The molecule has 1 amide bonds. The molecule has 2 aliphatic heterocycles. The second-order valence-corrected chi connectivity index (χ2v) is 11.1. The van der Waals surface area contributed by atoms with Crippen molar-refractivity contribution < 1.29 is 14.0 Å². The van der Waals surface area contributed by atoms with Crippen molar-refractivity contribution in [3.8, 4) is 5.69 Å². The third kappa shape index (κ3) is 7.52. The van der Waals surface area contributed by atoms with Gasteiger partial charge in [-0.1, -0.05) is 56.0 Å². The van der Waals surface area contributed by atoms with Gasteiger partial charge in [-0.25, -0.2) is 4.39 Å². The zero-order chi connectivity index (χ0) is 31.6. The number of carbonyl (C=O) groups is 2. The zero-order valence-electron chi connectivity index (χ0n) is 25.9. The van der Waals surface area contributed by atoms with E-state index in [1.807, 2.05) is 52.1 Å². The Labute approximate surface area is 259 Å². The van der Waals surface area contributed by atoms with E-state index in [9.17, 15) is 14.0 Å². The van der Waals surface area contributed by atoms with Gasteiger partial charge in [0.1, 0.15) is 11.5 Å². The van der Waals surface area contributed by atoms with Crippen LogP contribution >= 0.6 is 0 Å². The number of rotatable bonds is 9. The Balaban J connectivity index is 0.000000479. The number of carbonyl (C=O) groups excluding carboxylic acids is 2. The molecule has 44 heavy (non-hydrogen) atoms. The highest BCUT2D eigenvalue weighted by Gasteiger charge is 2.30. The van der Waals surface area contributed by atoms with E-state index < -0.39 is 0 Å². The van der Waals surface area contributed by atoms with E-state index in [2.05, 4.69) is 28.9 Å². The maximum Gasteiger partial charge on any atom is 0.246 e. The van der Waals surface area contributed by atoms with Crippen LogP contribution in [0.2, 0.25) is 0 Å². The van der Waals surface area contributed by atoms with E-state index >= 15 is 0 Å². The summed E-state index contributed by atoms with van der Waals surface area (Å²) in [5, 5.41) is 4.16. The minimum absolute atomic E-state index is 0.0296. The molecule has 8 nitrogen and oxygen atoms in total. The van der Waals surface area contributed by atoms with Gasteiger partial charge in [0.25, 0.3) is 0 Å². The van der Waals surface area contributed by atoms with Crippen LogP contribution in [0, 0.1) is 12.7 Å². The number of hydrogen-bond donors (Lipinski definition) is 2. The molecule has 232 valence electrons. The van der Waals surface area contributed by atoms with E-state index in [4.69, 9.17) is 5.73 Å². The summed E-state index contributed by atoms with van der Waals surface area (Å²) in [6.07, 6.45) is 11.2. The number of benzene rings is 2. The summed E-state index contributed by atoms with van der Waals surface area (Å²) in [7, 11) is 1.67. The van der Waals surface area contributed by atoms with Crippen LogP contribution in [-0.4, -0.2) is 71.7 Å². The van der Waals surface area contributed by atoms with Crippen LogP contribution < -0.4 is 11.2 Å². The summed E-state index contributed by atoms with van der Waals surface area (Å²) in [4.78, 5) is 29.6. The molecular formula is C35H43FN6O2. The van der Waals surface area contributed by atoms with Gasteiger partial charge in [-0.05, 0) is 67.6 Å². The van der Waals surface area contributed by atoms with Gasteiger partial charge >= 0.3 is 0 Å². The van der Waals surface area contributed by atoms with E-state index in [0.29, 0.717) is 29.4 Å². The van der Waals surface area contributed by atoms with Crippen LogP contribution in [0.3, 0.4) is 0 Å². The second-order valence-electron chi connectivity index (χ2n) is 11.1. The predicted molar refractivity (Wildman–Crippen MR) is 176 cm³/mol. The van der Waals surface area contributed by atoms with Gasteiger partial charge in [-0.3, -0.25) is 14.5 Å². The molecule has 2 saturated heterocycles. The number of halogens is 1. The lowest BCUT2D eigenvalue weighted by molar-refractivity contribution is -0.127. The summed E-state index contributed by atoms with van der Waals surface area (Å²) < 4.78 is 14.2. The lowest BCUT2D eigenvalue weighted by Gasteiger charge is -2.38. The number of likely N-dealkylation sites (tertiary alicyclic amines) is 2. The number of hydrogen-bond acceptors (Lipinski definition) is 5. The molecule has 2 aliphatic rings. The molecule has 0 bridgehead atoms. The number of likely N-dealkylation sites (N-methyl/N-ethyl adjacent to an activating group) is 1. The van der Waals surface area contributed by atoms with Gasteiger partial charge in [0.05, 0.1) is 0 Å². The summed E-state index contributed by atoms with van der Waals surface area (Å²) in [5.41, 5.74) is 13.6. The molecule has 0 saturated carbocycles. The van der Waals surface area contributed by atoms with Crippen LogP contribution in [0.15, 0.2) is 78.6 Å². The maximum absolute atomic E-state index is 13.0. The molecule has 2 fully saturated rings. The molecule has 2 atom stereocenters. The molecule has 0 radical (unpaired) electrons. The first kappa shape index (κ1) is 32.4. The number of piperidine rings is 1. The molecule has 3 heterocycles. The van der Waals surface area contributed by atoms with Gasteiger partial charge in [-0.15, -0.1) is 0 Å². The van der Waals surface area contributed by atoms with Crippen molar-refractivity contribution in [3.05, 3.63) is 107 Å². The molecule has 3 aromatic rings. The van der Waals surface area contributed by atoms with E-state index in [1.54, 1.807) is 38.3 Å².